The summed E-state index contributed by atoms with van der Waals surface area (Å²) < 4.78 is 38.7. The number of thiophene rings is 1. The Bertz CT molecular complexity index is 1070. The van der Waals surface area contributed by atoms with E-state index < -0.39 is 17.6 Å². The number of halogens is 3. The topological polar surface area (TPSA) is 40.6 Å². The van der Waals surface area contributed by atoms with Crippen LogP contribution in [-0.2, 0) is 24.1 Å². The second-order valence-corrected chi connectivity index (χ2v) is 9.11. The number of alkyl halides is 3. The first-order valence-electron chi connectivity index (χ1n) is 11.0. The van der Waals surface area contributed by atoms with Crippen molar-refractivity contribution in [3.05, 3.63) is 93.7 Å². The number of hydrogen-bond acceptors (Lipinski definition) is 3. The Hall–Kier alpha value is -3.13. The Balaban J connectivity index is 1.82. The maximum absolute atomic E-state index is 13.4. The first-order chi connectivity index (χ1) is 16.2. The molecule has 0 saturated heterocycles. The molecule has 8 heteroatoms. The lowest BCUT2D eigenvalue weighted by molar-refractivity contribution is -0.137. The van der Waals surface area contributed by atoms with Gasteiger partial charge in [-0.25, -0.2) is 0 Å². The third-order valence-corrected chi connectivity index (χ3v) is 6.51. The molecular weight excluding hydrogens is 461 g/mol. The van der Waals surface area contributed by atoms with Gasteiger partial charge in [-0.2, -0.15) is 13.2 Å². The molecule has 0 bridgehead atoms. The molecule has 1 unspecified atom stereocenters. The van der Waals surface area contributed by atoms with E-state index >= 15 is 0 Å². The van der Waals surface area contributed by atoms with Crippen molar-refractivity contribution in [3.8, 4) is 0 Å². The van der Waals surface area contributed by atoms with Crippen molar-refractivity contribution < 1.29 is 22.8 Å². The number of amides is 2. The van der Waals surface area contributed by atoms with Gasteiger partial charge in [0.1, 0.15) is 6.54 Å². The van der Waals surface area contributed by atoms with Crippen LogP contribution in [0, 0.1) is 0 Å². The predicted octanol–water partition coefficient (Wildman–Crippen LogP) is 6.24. The minimum atomic E-state index is -4.48. The molecule has 0 aliphatic heterocycles. The van der Waals surface area contributed by atoms with Gasteiger partial charge in [-0.1, -0.05) is 43.3 Å². The number of rotatable bonds is 9. The molecule has 0 radical (unpaired) electrons. The Morgan fingerprint density at radius 3 is 2.18 bits per heavy atom. The van der Waals surface area contributed by atoms with Gasteiger partial charge in [0, 0.05) is 23.0 Å². The van der Waals surface area contributed by atoms with Crippen LogP contribution < -0.4 is 0 Å². The van der Waals surface area contributed by atoms with Crippen LogP contribution in [0.2, 0.25) is 0 Å². The van der Waals surface area contributed by atoms with Crippen molar-refractivity contribution in [2.75, 3.05) is 6.54 Å². The zero-order chi connectivity index (χ0) is 24.7. The van der Waals surface area contributed by atoms with Crippen molar-refractivity contribution in [3.63, 3.8) is 0 Å². The summed E-state index contributed by atoms with van der Waals surface area (Å²) in [5.74, 6) is -0.690. The van der Waals surface area contributed by atoms with E-state index in [0.29, 0.717) is 19.5 Å². The zero-order valence-electron chi connectivity index (χ0n) is 19.1. The van der Waals surface area contributed by atoms with Crippen LogP contribution in [0.4, 0.5) is 13.2 Å². The fourth-order valence-electron chi connectivity index (χ4n) is 3.49. The molecular formula is C26H27F3N2O2S. The van der Waals surface area contributed by atoms with Crippen molar-refractivity contribution in [1.29, 1.82) is 0 Å². The van der Waals surface area contributed by atoms with Gasteiger partial charge >= 0.3 is 6.18 Å². The van der Waals surface area contributed by atoms with E-state index in [0.717, 1.165) is 22.6 Å². The van der Waals surface area contributed by atoms with Gasteiger partial charge in [-0.15, -0.1) is 11.3 Å². The van der Waals surface area contributed by atoms with E-state index in [4.69, 9.17) is 0 Å². The van der Waals surface area contributed by atoms with Gasteiger partial charge in [0.15, 0.2) is 0 Å². The maximum Gasteiger partial charge on any atom is 0.416 e. The smallest absolute Gasteiger partial charge is 0.332 e. The lowest BCUT2D eigenvalue weighted by Crippen LogP contribution is -2.46. The molecule has 0 fully saturated rings. The van der Waals surface area contributed by atoms with Gasteiger partial charge < -0.3 is 9.80 Å². The van der Waals surface area contributed by atoms with Gasteiger partial charge in [-0.05, 0) is 54.6 Å². The molecule has 3 aromatic rings. The third kappa shape index (κ3) is 6.70. The Kier molecular flexibility index (Phi) is 8.50. The largest absolute Gasteiger partial charge is 0.416 e. The summed E-state index contributed by atoms with van der Waals surface area (Å²) in [6.07, 6.45) is -3.88. The quantitative estimate of drug-likeness (QED) is 0.358. The van der Waals surface area contributed by atoms with Crippen LogP contribution in [0.15, 0.2) is 72.1 Å². The summed E-state index contributed by atoms with van der Waals surface area (Å²) >= 11 is 1.55. The fourth-order valence-corrected chi connectivity index (χ4v) is 4.21. The van der Waals surface area contributed by atoms with Gasteiger partial charge in [-0.3, -0.25) is 9.59 Å². The lowest BCUT2D eigenvalue weighted by Gasteiger charge is -2.31. The summed E-state index contributed by atoms with van der Waals surface area (Å²) in [5.41, 5.74) is 0.269. The van der Waals surface area contributed by atoms with Crippen LogP contribution in [0.1, 0.15) is 46.6 Å². The average Bonchev–Trinajstić information content (AvgIpc) is 3.34. The number of benzene rings is 2. The van der Waals surface area contributed by atoms with Crippen molar-refractivity contribution >= 4 is 23.2 Å². The molecule has 0 aliphatic rings. The standard InChI is InChI=1S/C26H27F3N2O2S/c1-3-19(2)31(25(33)21-11-13-22(14-12-21)26(27,28)29)18-24(32)30(17-23-10-7-15-34-23)16-20-8-5-4-6-9-20/h4-15,19H,3,16-18H2,1-2H3. The molecule has 180 valence electrons. The van der Waals surface area contributed by atoms with Gasteiger partial charge in [0.2, 0.25) is 5.91 Å². The second kappa shape index (κ2) is 11.3. The Labute approximate surface area is 201 Å². The molecule has 0 N–H and O–H groups in total. The van der Waals surface area contributed by atoms with Crippen molar-refractivity contribution in [1.82, 2.24) is 9.80 Å². The second-order valence-electron chi connectivity index (χ2n) is 8.08. The van der Waals surface area contributed by atoms with Gasteiger partial charge in [0.05, 0.1) is 12.1 Å². The molecule has 3 rings (SSSR count). The lowest BCUT2D eigenvalue weighted by atomic mass is 10.1. The number of nitrogens with zero attached hydrogens (tertiary/aromatic N) is 2. The molecule has 4 nitrogen and oxygen atoms in total. The van der Waals surface area contributed by atoms with Crippen molar-refractivity contribution in [2.45, 2.75) is 45.6 Å². The Morgan fingerprint density at radius 1 is 0.941 bits per heavy atom. The molecule has 2 amide bonds. The van der Waals surface area contributed by atoms with Crippen LogP contribution in [-0.4, -0.2) is 34.2 Å². The van der Waals surface area contributed by atoms with E-state index in [-0.39, 0.29) is 24.1 Å². The SMILES string of the molecule is CCC(C)N(CC(=O)N(Cc1ccccc1)Cc1cccs1)C(=O)c1ccc(C(F)(F)F)cc1. The van der Waals surface area contributed by atoms with E-state index in [9.17, 15) is 22.8 Å². The molecule has 2 aromatic carbocycles. The first kappa shape index (κ1) is 25.5. The number of carbonyl (C=O) groups excluding carboxylic acids is 2. The van der Waals surface area contributed by atoms with Crippen LogP contribution in [0.3, 0.4) is 0 Å². The summed E-state index contributed by atoms with van der Waals surface area (Å²) in [6.45, 7) is 4.37. The highest BCUT2D eigenvalue weighted by atomic mass is 32.1. The molecule has 34 heavy (non-hydrogen) atoms. The van der Waals surface area contributed by atoms with Crippen LogP contribution in [0.25, 0.3) is 0 Å². The molecule has 1 heterocycles. The average molecular weight is 489 g/mol. The van der Waals surface area contributed by atoms with Gasteiger partial charge in [0.25, 0.3) is 5.91 Å². The summed E-state index contributed by atoms with van der Waals surface area (Å²) in [5, 5.41) is 1.94. The maximum atomic E-state index is 13.4. The predicted molar refractivity (Wildman–Crippen MR) is 127 cm³/mol. The molecule has 0 aliphatic carbocycles. The summed E-state index contributed by atoms with van der Waals surface area (Å²) in [6, 6.07) is 17.3. The molecule has 1 aromatic heterocycles. The van der Waals surface area contributed by atoms with E-state index in [2.05, 4.69) is 0 Å². The zero-order valence-corrected chi connectivity index (χ0v) is 19.9. The van der Waals surface area contributed by atoms with Crippen molar-refractivity contribution in [2.24, 2.45) is 0 Å². The summed E-state index contributed by atoms with van der Waals surface area (Å²) in [7, 11) is 0. The molecule has 0 spiro atoms. The minimum Gasteiger partial charge on any atom is -0.332 e. The highest BCUT2D eigenvalue weighted by molar-refractivity contribution is 7.09. The fraction of sp³-hybridized carbons (Fsp3) is 0.308. The van der Waals surface area contributed by atoms with E-state index in [1.807, 2.05) is 61.7 Å². The first-order valence-corrected chi connectivity index (χ1v) is 11.9. The Morgan fingerprint density at radius 2 is 1.62 bits per heavy atom. The number of hydrogen-bond donors (Lipinski definition) is 0. The highest BCUT2D eigenvalue weighted by Crippen LogP contribution is 2.29. The van der Waals surface area contributed by atoms with E-state index in [1.54, 1.807) is 16.2 Å². The monoisotopic (exact) mass is 488 g/mol. The highest BCUT2D eigenvalue weighted by Gasteiger charge is 2.31. The molecule has 0 saturated carbocycles. The minimum absolute atomic E-state index is 0.119. The third-order valence-electron chi connectivity index (χ3n) is 5.64. The van der Waals surface area contributed by atoms with Crippen LogP contribution >= 0.6 is 11.3 Å². The number of carbonyl (C=O) groups is 2. The van der Waals surface area contributed by atoms with E-state index in [1.165, 1.54) is 17.0 Å². The normalized spacial score (nSPS) is 12.3. The molecule has 1 atom stereocenters. The van der Waals surface area contributed by atoms with Crippen LogP contribution in [0.5, 0.6) is 0 Å². The summed E-state index contributed by atoms with van der Waals surface area (Å²) in [4.78, 5) is 30.8.